The molecule has 0 heterocycles. The zero-order valence-electron chi connectivity index (χ0n) is 14.1. The highest BCUT2D eigenvalue weighted by Gasteiger charge is 2.06. The quantitative estimate of drug-likeness (QED) is 0.738. The van der Waals surface area contributed by atoms with Gasteiger partial charge in [0.25, 0.3) is 0 Å². The van der Waals surface area contributed by atoms with Crippen LogP contribution in [0.15, 0.2) is 42.5 Å². The molecule has 128 valence electrons. The van der Waals surface area contributed by atoms with E-state index in [0.717, 1.165) is 29.7 Å². The van der Waals surface area contributed by atoms with Crippen LogP contribution in [0, 0.1) is 19.7 Å². The van der Waals surface area contributed by atoms with E-state index in [-0.39, 0.29) is 11.8 Å². The molecule has 0 atom stereocenters. The Morgan fingerprint density at radius 1 is 1.04 bits per heavy atom. The van der Waals surface area contributed by atoms with Crippen LogP contribution >= 0.6 is 0 Å². The van der Waals surface area contributed by atoms with Gasteiger partial charge in [-0.2, -0.15) is 0 Å². The van der Waals surface area contributed by atoms with E-state index in [1.165, 1.54) is 12.1 Å². The van der Waals surface area contributed by atoms with Crippen molar-refractivity contribution in [2.45, 2.75) is 26.7 Å². The number of anilines is 1. The average molecular weight is 330 g/mol. The van der Waals surface area contributed by atoms with Crippen LogP contribution in [0.2, 0.25) is 0 Å². The Hall–Kier alpha value is -2.56. The van der Waals surface area contributed by atoms with Crippen molar-refractivity contribution in [1.82, 2.24) is 5.32 Å². The van der Waals surface area contributed by atoms with Crippen molar-refractivity contribution in [3.05, 3.63) is 59.4 Å². The van der Waals surface area contributed by atoms with E-state index in [1.54, 1.807) is 12.1 Å². The van der Waals surface area contributed by atoms with Crippen molar-refractivity contribution in [2.75, 3.05) is 18.5 Å². The van der Waals surface area contributed by atoms with Crippen LogP contribution < -0.4 is 15.4 Å². The molecule has 5 heteroatoms. The van der Waals surface area contributed by atoms with Gasteiger partial charge in [-0.15, -0.1) is 0 Å². The minimum atomic E-state index is -0.276. The summed E-state index contributed by atoms with van der Waals surface area (Å²) >= 11 is 0. The van der Waals surface area contributed by atoms with E-state index >= 15 is 0 Å². The molecule has 0 aliphatic heterocycles. The second-order valence-electron chi connectivity index (χ2n) is 5.66. The molecule has 0 saturated heterocycles. The Kier molecular flexibility index (Phi) is 6.61. The van der Waals surface area contributed by atoms with E-state index in [0.29, 0.717) is 18.9 Å². The summed E-state index contributed by atoms with van der Waals surface area (Å²) in [6, 6.07) is 11.6. The first-order valence-electron chi connectivity index (χ1n) is 8.05. The number of amides is 2. The summed E-state index contributed by atoms with van der Waals surface area (Å²) in [6.07, 6.45) is 1.61. The summed E-state index contributed by atoms with van der Waals surface area (Å²) in [4.78, 5) is 11.9. The molecule has 4 nitrogen and oxygen atoms in total. The number of nitrogens with one attached hydrogen (secondary N) is 2. The summed E-state index contributed by atoms with van der Waals surface area (Å²) in [5.41, 5.74) is 2.94. The van der Waals surface area contributed by atoms with Gasteiger partial charge in [0.05, 0.1) is 6.61 Å². The van der Waals surface area contributed by atoms with Gasteiger partial charge < -0.3 is 15.4 Å². The molecule has 0 unspecified atom stereocenters. The molecule has 0 radical (unpaired) electrons. The highest BCUT2D eigenvalue weighted by atomic mass is 19.1. The van der Waals surface area contributed by atoms with Gasteiger partial charge in [0.15, 0.2) is 0 Å². The minimum absolute atomic E-state index is 0.202. The molecule has 0 bridgehead atoms. The lowest BCUT2D eigenvalue weighted by Crippen LogP contribution is -2.30. The third-order valence-electron chi connectivity index (χ3n) is 3.66. The second-order valence-corrected chi connectivity index (χ2v) is 5.66. The number of halogens is 1. The number of benzene rings is 2. The smallest absolute Gasteiger partial charge is 0.319 e. The summed E-state index contributed by atoms with van der Waals surface area (Å²) in [6.45, 7) is 5.04. The highest BCUT2D eigenvalue weighted by molar-refractivity contribution is 5.90. The molecule has 0 aliphatic carbocycles. The van der Waals surface area contributed by atoms with Crippen molar-refractivity contribution < 1.29 is 13.9 Å². The molecule has 2 amide bonds. The monoisotopic (exact) mass is 330 g/mol. The van der Waals surface area contributed by atoms with Gasteiger partial charge in [0.1, 0.15) is 11.6 Å². The molecule has 0 aromatic heterocycles. The zero-order chi connectivity index (χ0) is 17.4. The first kappa shape index (κ1) is 17.8. The second kappa shape index (κ2) is 8.91. The number of hydrogen-bond acceptors (Lipinski definition) is 2. The van der Waals surface area contributed by atoms with Crippen LogP contribution in [0.4, 0.5) is 14.9 Å². The minimum Gasteiger partial charge on any atom is -0.494 e. The third-order valence-corrected chi connectivity index (χ3v) is 3.66. The molecule has 2 aromatic carbocycles. The van der Waals surface area contributed by atoms with Crippen LogP contribution in [0.5, 0.6) is 5.75 Å². The van der Waals surface area contributed by atoms with Crippen LogP contribution in [0.1, 0.15) is 24.0 Å². The zero-order valence-corrected chi connectivity index (χ0v) is 14.1. The lowest BCUT2D eigenvalue weighted by Gasteiger charge is -2.12. The lowest BCUT2D eigenvalue weighted by molar-refractivity contribution is 0.251. The van der Waals surface area contributed by atoms with Crippen molar-refractivity contribution in [2.24, 2.45) is 0 Å². The number of unbranched alkanes of at least 4 members (excludes halogenated alkanes) is 1. The van der Waals surface area contributed by atoms with Crippen LogP contribution in [0.25, 0.3) is 0 Å². The standard InChI is InChI=1S/C19H23FN2O2/c1-14-6-5-7-15(2)18(14)22-19(23)21-12-3-4-13-24-17-10-8-16(20)9-11-17/h5-11H,3-4,12-13H2,1-2H3,(H2,21,22,23). The van der Waals surface area contributed by atoms with E-state index in [1.807, 2.05) is 32.0 Å². The number of carbonyl (C=O) groups excluding carboxylic acids is 1. The molecule has 0 spiro atoms. The Morgan fingerprint density at radius 2 is 1.71 bits per heavy atom. The van der Waals surface area contributed by atoms with Gasteiger partial charge in [-0.1, -0.05) is 18.2 Å². The van der Waals surface area contributed by atoms with E-state index < -0.39 is 0 Å². The molecule has 2 N–H and O–H groups in total. The maximum Gasteiger partial charge on any atom is 0.319 e. The summed E-state index contributed by atoms with van der Waals surface area (Å²) in [7, 11) is 0. The van der Waals surface area contributed by atoms with Crippen molar-refractivity contribution in [3.63, 3.8) is 0 Å². The van der Waals surface area contributed by atoms with Gasteiger partial charge in [-0.25, -0.2) is 9.18 Å². The van der Waals surface area contributed by atoms with Gasteiger partial charge >= 0.3 is 6.03 Å². The predicted molar refractivity (Wildman–Crippen MR) is 94.1 cm³/mol. The van der Waals surface area contributed by atoms with Crippen LogP contribution in [0.3, 0.4) is 0 Å². The molecule has 0 aliphatic rings. The predicted octanol–water partition coefficient (Wildman–Crippen LogP) is 4.42. The first-order chi connectivity index (χ1) is 11.6. The fraction of sp³-hybridized carbons (Fsp3) is 0.316. The van der Waals surface area contributed by atoms with Crippen molar-refractivity contribution in [1.29, 1.82) is 0 Å². The number of hydrogen-bond donors (Lipinski definition) is 2. The maximum atomic E-state index is 12.8. The van der Waals surface area contributed by atoms with E-state index in [2.05, 4.69) is 10.6 Å². The molecule has 2 aromatic rings. The average Bonchev–Trinajstić information content (AvgIpc) is 2.56. The lowest BCUT2D eigenvalue weighted by atomic mass is 10.1. The number of urea groups is 1. The van der Waals surface area contributed by atoms with Crippen LogP contribution in [-0.2, 0) is 0 Å². The largest absolute Gasteiger partial charge is 0.494 e. The fourth-order valence-electron chi connectivity index (χ4n) is 2.32. The third kappa shape index (κ3) is 5.57. The summed E-state index contributed by atoms with van der Waals surface area (Å²) in [5, 5.41) is 5.72. The SMILES string of the molecule is Cc1cccc(C)c1NC(=O)NCCCCOc1ccc(F)cc1. The van der Waals surface area contributed by atoms with Crippen molar-refractivity contribution >= 4 is 11.7 Å². The van der Waals surface area contributed by atoms with Gasteiger partial charge in [0.2, 0.25) is 0 Å². The summed E-state index contributed by atoms with van der Waals surface area (Å²) in [5.74, 6) is 0.374. The fourth-order valence-corrected chi connectivity index (χ4v) is 2.32. The number of para-hydroxylation sites is 1. The number of rotatable bonds is 7. The maximum absolute atomic E-state index is 12.8. The molecule has 24 heavy (non-hydrogen) atoms. The number of carbonyl (C=O) groups is 1. The molecule has 0 saturated carbocycles. The number of ether oxygens (including phenoxy) is 1. The Balaban J connectivity index is 1.62. The Labute approximate surface area is 142 Å². The molecular weight excluding hydrogens is 307 g/mol. The Morgan fingerprint density at radius 3 is 2.38 bits per heavy atom. The van der Waals surface area contributed by atoms with E-state index in [4.69, 9.17) is 4.74 Å². The van der Waals surface area contributed by atoms with Crippen molar-refractivity contribution in [3.8, 4) is 5.75 Å². The first-order valence-corrected chi connectivity index (χ1v) is 8.05. The molecule has 0 fully saturated rings. The topological polar surface area (TPSA) is 50.4 Å². The molecular formula is C19H23FN2O2. The molecule has 2 rings (SSSR count). The van der Waals surface area contributed by atoms with Gasteiger partial charge in [-0.05, 0) is 62.1 Å². The number of aryl methyl sites for hydroxylation is 2. The Bertz CT molecular complexity index is 651. The normalized spacial score (nSPS) is 10.3. The van der Waals surface area contributed by atoms with E-state index in [9.17, 15) is 9.18 Å². The van der Waals surface area contributed by atoms with Crippen LogP contribution in [-0.4, -0.2) is 19.2 Å². The summed E-state index contributed by atoms with van der Waals surface area (Å²) < 4.78 is 18.3. The highest BCUT2D eigenvalue weighted by Crippen LogP contribution is 2.19. The van der Waals surface area contributed by atoms with Gasteiger partial charge in [-0.3, -0.25) is 0 Å². The van der Waals surface area contributed by atoms with Gasteiger partial charge in [0, 0.05) is 12.2 Å².